The first-order valence-electron chi connectivity index (χ1n) is 8.91. The summed E-state index contributed by atoms with van der Waals surface area (Å²) >= 11 is 1.71. The minimum absolute atomic E-state index is 0.0364. The summed E-state index contributed by atoms with van der Waals surface area (Å²) in [7, 11) is 4.04. The van der Waals surface area contributed by atoms with Crippen LogP contribution in [0.15, 0.2) is 53.4 Å². The van der Waals surface area contributed by atoms with Gasteiger partial charge in [-0.3, -0.25) is 9.69 Å². The second-order valence-corrected chi connectivity index (χ2v) is 7.78. The van der Waals surface area contributed by atoms with Crippen molar-refractivity contribution in [2.24, 2.45) is 0 Å². The molecule has 1 aliphatic heterocycles. The first-order chi connectivity index (χ1) is 12.5. The van der Waals surface area contributed by atoms with Crippen LogP contribution in [-0.4, -0.2) is 48.9 Å². The number of likely N-dealkylation sites (tertiary alicyclic amines) is 1. The van der Waals surface area contributed by atoms with E-state index in [1.165, 1.54) is 4.90 Å². The fourth-order valence-electron chi connectivity index (χ4n) is 3.68. The van der Waals surface area contributed by atoms with E-state index in [-0.39, 0.29) is 6.04 Å². The highest BCUT2D eigenvalue weighted by atomic mass is 32.2. The van der Waals surface area contributed by atoms with Gasteiger partial charge in [-0.2, -0.15) is 0 Å². The van der Waals surface area contributed by atoms with Gasteiger partial charge >= 0.3 is 5.97 Å². The predicted molar refractivity (Wildman–Crippen MR) is 108 cm³/mol. The fourth-order valence-corrected chi connectivity index (χ4v) is 4.09. The molecule has 0 bridgehead atoms. The number of aliphatic carboxylic acids is 1. The molecule has 4 nitrogen and oxygen atoms in total. The molecule has 1 saturated heterocycles. The standard InChI is InChI=1S/C21H26N2O2S/c1-22(2)17-10-6-15(7-11-17)20(16-8-12-18(26-3)13-9-16)23-14-4-5-19(23)21(24)25/h6-13,19-20H,4-5,14H2,1-3H3,(H,24,25). The van der Waals surface area contributed by atoms with E-state index in [0.29, 0.717) is 6.42 Å². The number of anilines is 1. The third kappa shape index (κ3) is 3.89. The summed E-state index contributed by atoms with van der Waals surface area (Å²) in [5.74, 6) is -0.724. The number of nitrogens with zero attached hydrogens (tertiary/aromatic N) is 2. The Bertz CT molecular complexity index is 744. The molecule has 1 aliphatic rings. The molecule has 138 valence electrons. The van der Waals surface area contributed by atoms with Crippen molar-refractivity contribution in [1.29, 1.82) is 0 Å². The summed E-state index contributed by atoms with van der Waals surface area (Å²) in [5.41, 5.74) is 3.43. The largest absolute Gasteiger partial charge is 0.480 e. The Kier molecular flexibility index (Phi) is 5.89. The van der Waals surface area contributed by atoms with Gasteiger partial charge in [0.15, 0.2) is 0 Å². The minimum atomic E-state index is -0.724. The first kappa shape index (κ1) is 18.8. The van der Waals surface area contributed by atoms with Gasteiger partial charge in [0.2, 0.25) is 0 Å². The number of rotatable bonds is 6. The maximum absolute atomic E-state index is 11.8. The van der Waals surface area contributed by atoms with Gasteiger partial charge in [0, 0.05) is 31.2 Å². The zero-order valence-electron chi connectivity index (χ0n) is 15.6. The van der Waals surface area contributed by atoms with E-state index in [2.05, 4.69) is 64.6 Å². The van der Waals surface area contributed by atoms with Gasteiger partial charge in [-0.25, -0.2) is 0 Å². The topological polar surface area (TPSA) is 43.8 Å². The maximum atomic E-state index is 11.8. The van der Waals surface area contributed by atoms with Gasteiger partial charge in [-0.15, -0.1) is 11.8 Å². The third-order valence-corrected chi connectivity index (χ3v) is 5.81. The van der Waals surface area contributed by atoms with Crippen molar-refractivity contribution < 1.29 is 9.90 Å². The monoisotopic (exact) mass is 370 g/mol. The first-order valence-corrected chi connectivity index (χ1v) is 10.1. The summed E-state index contributed by atoms with van der Waals surface area (Å²) in [6, 6.07) is 16.5. The minimum Gasteiger partial charge on any atom is -0.480 e. The smallest absolute Gasteiger partial charge is 0.320 e. The molecule has 0 saturated carbocycles. The van der Waals surface area contributed by atoms with Crippen LogP contribution < -0.4 is 4.90 Å². The van der Waals surface area contributed by atoms with Crippen molar-refractivity contribution >= 4 is 23.4 Å². The molecule has 2 aromatic rings. The van der Waals surface area contributed by atoms with Crippen molar-refractivity contribution in [2.45, 2.75) is 29.8 Å². The maximum Gasteiger partial charge on any atom is 0.320 e. The van der Waals surface area contributed by atoms with Gasteiger partial charge in [-0.05, 0) is 54.5 Å². The van der Waals surface area contributed by atoms with Crippen LogP contribution in [0.1, 0.15) is 30.0 Å². The van der Waals surface area contributed by atoms with Gasteiger partial charge in [0.05, 0.1) is 6.04 Å². The van der Waals surface area contributed by atoms with E-state index >= 15 is 0 Å². The van der Waals surface area contributed by atoms with E-state index in [0.717, 1.165) is 29.8 Å². The fraction of sp³-hybridized carbons (Fsp3) is 0.381. The van der Waals surface area contributed by atoms with Crippen molar-refractivity contribution in [3.63, 3.8) is 0 Å². The molecule has 2 atom stereocenters. The summed E-state index contributed by atoms with van der Waals surface area (Å²) in [6.07, 6.45) is 3.70. The highest BCUT2D eigenvalue weighted by molar-refractivity contribution is 7.98. The Balaban J connectivity index is 2.01. The van der Waals surface area contributed by atoms with Crippen molar-refractivity contribution in [1.82, 2.24) is 4.90 Å². The average Bonchev–Trinajstić information content (AvgIpc) is 3.12. The second kappa shape index (κ2) is 8.14. The Morgan fingerprint density at radius 2 is 1.69 bits per heavy atom. The number of carboxylic acids is 1. The number of benzene rings is 2. The summed E-state index contributed by atoms with van der Waals surface area (Å²) in [4.78, 5) is 17.2. The Labute approximate surface area is 159 Å². The van der Waals surface area contributed by atoms with E-state index in [4.69, 9.17) is 0 Å². The van der Waals surface area contributed by atoms with Gasteiger partial charge in [-0.1, -0.05) is 24.3 Å². The molecule has 1 N–H and O–H groups in total. The van der Waals surface area contributed by atoms with Crippen LogP contribution in [0.3, 0.4) is 0 Å². The zero-order chi connectivity index (χ0) is 18.7. The lowest BCUT2D eigenvalue weighted by molar-refractivity contribution is -0.142. The molecule has 26 heavy (non-hydrogen) atoms. The highest BCUT2D eigenvalue weighted by Gasteiger charge is 2.36. The second-order valence-electron chi connectivity index (χ2n) is 6.90. The Morgan fingerprint density at radius 3 is 2.19 bits per heavy atom. The van der Waals surface area contributed by atoms with Gasteiger partial charge in [0.25, 0.3) is 0 Å². The molecule has 0 aromatic heterocycles. The number of hydrogen-bond acceptors (Lipinski definition) is 4. The van der Waals surface area contributed by atoms with Crippen LogP contribution in [0, 0.1) is 0 Å². The van der Waals surface area contributed by atoms with Gasteiger partial charge < -0.3 is 10.0 Å². The lowest BCUT2D eigenvalue weighted by Crippen LogP contribution is -2.39. The molecule has 0 spiro atoms. The summed E-state index contributed by atoms with van der Waals surface area (Å²) < 4.78 is 0. The Hall–Kier alpha value is -1.98. The van der Waals surface area contributed by atoms with Crippen LogP contribution in [0.5, 0.6) is 0 Å². The van der Waals surface area contributed by atoms with Crippen LogP contribution in [0.4, 0.5) is 5.69 Å². The molecule has 2 unspecified atom stereocenters. The normalized spacial score (nSPS) is 18.7. The predicted octanol–water partition coefficient (Wildman–Crippen LogP) is 4.11. The van der Waals surface area contributed by atoms with E-state index in [1.807, 2.05) is 14.1 Å². The Morgan fingerprint density at radius 1 is 1.12 bits per heavy atom. The molecule has 5 heteroatoms. The molecule has 1 heterocycles. The highest BCUT2D eigenvalue weighted by Crippen LogP contribution is 2.36. The molecular weight excluding hydrogens is 344 g/mol. The number of carbonyl (C=O) groups is 1. The number of carboxylic acid groups (broad SMARTS) is 1. The molecule has 1 fully saturated rings. The molecule has 2 aromatic carbocycles. The average molecular weight is 371 g/mol. The van der Waals surface area contributed by atoms with Crippen molar-refractivity contribution in [3.05, 3.63) is 59.7 Å². The van der Waals surface area contributed by atoms with Crippen LogP contribution >= 0.6 is 11.8 Å². The molecule has 0 aliphatic carbocycles. The van der Waals surface area contributed by atoms with Crippen LogP contribution in [0.25, 0.3) is 0 Å². The van der Waals surface area contributed by atoms with E-state index in [1.54, 1.807) is 11.8 Å². The van der Waals surface area contributed by atoms with Crippen molar-refractivity contribution in [2.75, 3.05) is 31.8 Å². The van der Waals surface area contributed by atoms with Crippen LogP contribution in [0.2, 0.25) is 0 Å². The molecule has 0 amide bonds. The SMILES string of the molecule is CSc1ccc(C(c2ccc(N(C)C)cc2)N2CCCC2C(=O)O)cc1. The van der Waals surface area contributed by atoms with Gasteiger partial charge in [0.1, 0.15) is 6.04 Å². The summed E-state index contributed by atoms with van der Waals surface area (Å²) in [6.45, 7) is 0.807. The number of hydrogen-bond donors (Lipinski definition) is 1. The van der Waals surface area contributed by atoms with Crippen LogP contribution in [-0.2, 0) is 4.79 Å². The quantitative estimate of drug-likeness (QED) is 0.775. The van der Waals surface area contributed by atoms with E-state index in [9.17, 15) is 9.90 Å². The molecule has 0 radical (unpaired) electrons. The molecular formula is C21H26N2O2S. The van der Waals surface area contributed by atoms with Crippen molar-refractivity contribution in [3.8, 4) is 0 Å². The summed E-state index contributed by atoms with van der Waals surface area (Å²) in [5, 5.41) is 9.67. The number of thioether (sulfide) groups is 1. The van der Waals surface area contributed by atoms with E-state index < -0.39 is 12.0 Å². The zero-order valence-corrected chi connectivity index (χ0v) is 16.4. The lowest BCUT2D eigenvalue weighted by Gasteiger charge is -2.32. The molecule has 3 rings (SSSR count). The third-order valence-electron chi connectivity index (χ3n) is 5.07. The lowest BCUT2D eigenvalue weighted by atomic mass is 9.96.